The van der Waals surface area contributed by atoms with Gasteiger partial charge in [-0.05, 0) is 18.6 Å². The Morgan fingerprint density at radius 2 is 2.10 bits per heavy atom. The number of para-hydroxylation sites is 1. The molecular weight excluding hydrogens is 270 g/mol. The molecule has 110 valence electrons. The Labute approximate surface area is 122 Å². The van der Waals surface area contributed by atoms with E-state index in [1.165, 1.54) is 7.11 Å². The van der Waals surface area contributed by atoms with Gasteiger partial charge < -0.3 is 15.8 Å². The molecule has 1 aromatic carbocycles. The van der Waals surface area contributed by atoms with Gasteiger partial charge in [-0.25, -0.2) is 4.98 Å². The number of esters is 1. The number of ether oxygens (including phenoxy) is 1. The average Bonchev–Trinajstić information content (AvgIpc) is 2.51. The van der Waals surface area contributed by atoms with Crippen LogP contribution in [-0.2, 0) is 9.53 Å². The Morgan fingerprint density at radius 1 is 1.33 bits per heavy atom. The Kier molecular flexibility index (Phi) is 4.71. The van der Waals surface area contributed by atoms with Gasteiger partial charge in [0.05, 0.1) is 12.6 Å². The van der Waals surface area contributed by atoms with Gasteiger partial charge in [0.2, 0.25) is 0 Å². The first-order valence-corrected chi connectivity index (χ1v) is 6.62. The first-order valence-electron chi connectivity index (χ1n) is 6.62. The fourth-order valence-electron chi connectivity index (χ4n) is 1.95. The van der Waals surface area contributed by atoms with Gasteiger partial charge in [0.1, 0.15) is 5.69 Å². The third-order valence-electron chi connectivity index (χ3n) is 3.05. The number of pyridine rings is 1. The molecule has 0 bridgehead atoms. The monoisotopic (exact) mass is 287 g/mol. The van der Waals surface area contributed by atoms with Crippen LogP contribution in [0, 0.1) is 0 Å². The molecule has 0 aliphatic rings. The maximum atomic E-state index is 12.0. The van der Waals surface area contributed by atoms with Gasteiger partial charge in [-0.2, -0.15) is 0 Å². The van der Waals surface area contributed by atoms with Crippen molar-refractivity contribution in [1.29, 1.82) is 0 Å². The minimum Gasteiger partial charge on any atom is -0.469 e. The second-order valence-corrected chi connectivity index (χ2v) is 4.55. The molecular formula is C15H17N3O3. The summed E-state index contributed by atoms with van der Waals surface area (Å²) in [5.74, 6) is -0.602. The lowest BCUT2D eigenvalue weighted by molar-refractivity contribution is -0.140. The largest absolute Gasteiger partial charge is 0.469 e. The van der Waals surface area contributed by atoms with Crippen molar-refractivity contribution in [2.45, 2.75) is 12.8 Å². The minimum atomic E-state index is -0.308. The summed E-state index contributed by atoms with van der Waals surface area (Å²) in [6.07, 6.45) is 0.783. The molecule has 6 heteroatoms. The third kappa shape index (κ3) is 3.68. The third-order valence-corrected chi connectivity index (χ3v) is 3.05. The number of carbonyl (C=O) groups excluding carboxylic acids is 2. The number of methoxy groups -OCH3 is 1. The summed E-state index contributed by atoms with van der Waals surface area (Å²) < 4.78 is 4.53. The predicted molar refractivity (Wildman–Crippen MR) is 79.7 cm³/mol. The number of amides is 1. The number of nitrogens with zero attached hydrogens (tertiary/aromatic N) is 1. The quantitative estimate of drug-likeness (QED) is 0.642. The highest BCUT2D eigenvalue weighted by Crippen LogP contribution is 2.19. The predicted octanol–water partition coefficient (Wildman–Crippen LogP) is 1.50. The lowest BCUT2D eigenvalue weighted by atomic mass is 10.1. The van der Waals surface area contributed by atoms with Crippen LogP contribution in [0.25, 0.3) is 10.9 Å². The molecule has 0 fully saturated rings. The summed E-state index contributed by atoms with van der Waals surface area (Å²) in [5.41, 5.74) is 7.39. The van der Waals surface area contributed by atoms with E-state index < -0.39 is 0 Å². The van der Waals surface area contributed by atoms with E-state index in [4.69, 9.17) is 5.73 Å². The molecule has 0 saturated heterocycles. The first-order chi connectivity index (χ1) is 10.1. The molecule has 1 aromatic heterocycles. The van der Waals surface area contributed by atoms with Crippen molar-refractivity contribution in [2.75, 3.05) is 19.4 Å². The van der Waals surface area contributed by atoms with Crippen LogP contribution in [0.3, 0.4) is 0 Å². The zero-order valence-corrected chi connectivity index (χ0v) is 11.8. The van der Waals surface area contributed by atoms with Gasteiger partial charge >= 0.3 is 5.97 Å². The molecule has 0 spiro atoms. The number of hydrogen-bond donors (Lipinski definition) is 2. The van der Waals surface area contributed by atoms with Gasteiger partial charge in [-0.3, -0.25) is 9.59 Å². The zero-order valence-electron chi connectivity index (χ0n) is 11.8. The molecule has 6 nitrogen and oxygen atoms in total. The molecule has 0 aliphatic heterocycles. The van der Waals surface area contributed by atoms with Gasteiger partial charge in [-0.1, -0.05) is 18.2 Å². The highest BCUT2D eigenvalue weighted by atomic mass is 16.5. The van der Waals surface area contributed by atoms with Crippen molar-refractivity contribution < 1.29 is 14.3 Å². The number of nitrogens with one attached hydrogen (secondary N) is 1. The van der Waals surface area contributed by atoms with Gasteiger partial charge in [0.25, 0.3) is 5.91 Å². The number of anilines is 1. The van der Waals surface area contributed by atoms with Gasteiger partial charge in [-0.15, -0.1) is 0 Å². The first kappa shape index (κ1) is 14.8. The van der Waals surface area contributed by atoms with Crippen LogP contribution < -0.4 is 11.1 Å². The highest BCUT2D eigenvalue weighted by Gasteiger charge is 2.10. The molecule has 2 rings (SSSR count). The lowest BCUT2D eigenvalue weighted by Gasteiger charge is -2.07. The summed E-state index contributed by atoms with van der Waals surface area (Å²) in [5, 5.41) is 3.52. The normalized spacial score (nSPS) is 10.3. The smallest absolute Gasteiger partial charge is 0.305 e. The molecule has 0 radical (unpaired) electrons. The number of nitrogen functional groups attached to an aromatic ring is 1. The van der Waals surface area contributed by atoms with Crippen molar-refractivity contribution >= 4 is 28.5 Å². The summed E-state index contributed by atoms with van der Waals surface area (Å²) in [7, 11) is 1.34. The van der Waals surface area contributed by atoms with E-state index in [0.717, 1.165) is 5.39 Å². The van der Waals surface area contributed by atoms with Crippen LogP contribution >= 0.6 is 0 Å². The Bertz CT molecular complexity index is 670. The van der Waals surface area contributed by atoms with E-state index in [-0.39, 0.29) is 24.0 Å². The van der Waals surface area contributed by atoms with Crippen LogP contribution in [0.15, 0.2) is 30.3 Å². The van der Waals surface area contributed by atoms with Crippen molar-refractivity contribution in [3.05, 3.63) is 36.0 Å². The average molecular weight is 287 g/mol. The van der Waals surface area contributed by atoms with Gasteiger partial charge in [0, 0.05) is 24.0 Å². The molecule has 0 aliphatic carbocycles. The van der Waals surface area contributed by atoms with Crippen molar-refractivity contribution in [2.24, 2.45) is 0 Å². The molecule has 1 heterocycles. The van der Waals surface area contributed by atoms with Crippen LogP contribution in [0.1, 0.15) is 23.3 Å². The number of fused-ring (bicyclic) bond motifs is 1. The maximum absolute atomic E-state index is 12.0. The van der Waals surface area contributed by atoms with Crippen molar-refractivity contribution in [1.82, 2.24) is 10.3 Å². The van der Waals surface area contributed by atoms with E-state index in [9.17, 15) is 9.59 Å². The SMILES string of the molecule is COC(=O)CCCNC(=O)c1cc(N)c2ccccc2n1. The maximum Gasteiger partial charge on any atom is 0.305 e. The van der Waals surface area contributed by atoms with Crippen LogP contribution in [0.2, 0.25) is 0 Å². The molecule has 0 atom stereocenters. The number of aromatic nitrogens is 1. The van der Waals surface area contributed by atoms with Crippen LogP contribution in [-0.4, -0.2) is 30.5 Å². The highest BCUT2D eigenvalue weighted by molar-refractivity contribution is 5.99. The number of nitrogens with two attached hydrogens (primary N) is 1. The summed E-state index contributed by atoms with van der Waals surface area (Å²) in [6, 6.07) is 8.92. The topological polar surface area (TPSA) is 94.3 Å². The fourth-order valence-corrected chi connectivity index (χ4v) is 1.95. The van der Waals surface area contributed by atoms with E-state index in [1.54, 1.807) is 12.1 Å². The summed E-state index contributed by atoms with van der Waals surface area (Å²) >= 11 is 0. The fraction of sp³-hybridized carbons (Fsp3) is 0.267. The second kappa shape index (κ2) is 6.69. The van der Waals surface area contributed by atoms with Crippen LogP contribution in [0.5, 0.6) is 0 Å². The Balaban J connectivity index is 2.01. The van der Waals surface area contributed by atoms with Crippen LogP contribution in [0.4, 0.5) is 5.69 Å². The second-order valence-electron chi connectivity index (χ2n) is 4.55. The molecule has 21 heavy (non-hydrogen) atoms. The molecule has 3 N–H and O–H groups in total. The Morgan fingerprint density at radius 3 is 2.86 bits per heavy atom. The standard InChI is InChI=1S/C15H17N3O3/c1-21-14(19)7-4-8-17-15(20)13-9-11(16)10-5-2-3-6-12(10)18-13/h2-3,5-6,9H,4,7-8H2,1H3,(H2,16,18)(H,17,20). The molecule has 0 saturated carbocycles. The molecule has 1 amide bonds. The molecule has 2 aromatic rings. The van der Waals surface area contributed by atoms with Crippen molar-refractivity contribution in [3.8, 4) is 0 Å². The summed E-state index contributed by atoms with van der Waals surface area (Å²) in [6.45, 7) is 0.377. The van der Waals surface area contributed by atoms with E-state index in [0.29, 0.717) is 24.2 Å². The van der Waals surface area contributed by atoms with E-state index in [2.05, 4.69) is 15.0 Å². The number of carbonyl (C=O) groups is 2. The summed E-state index contributed by atoms with van der Waals surface area (Å²) in [4.78, 5) is 27.2. The number of hydrogen-bond acceptors (Lipinski definition) is 5. The molecule has 0 unspecified atom stereocenters. The number of benzene rings is 1. The van der Waals surface area contributed by atoms with E-state index in [1.807, 2.05) is 18.2 Å². The van der Waals surface area contributed by atoms with Gasteiger partial charge in [0.15, 0.2) is 0 Å². The van der Waals surface area contributed by atoms with Crippen molar-refractivity contribution in [3.63, 3.8) is 0 Å². The Hall–Kier alpha value is -2.63. The number of rotatable bonds is 5. The lowest BCUT2D eigenvalue weighted by Crippen LogP contribution is -2.26. The minimum absolute atomic E-state index is 0.268. The van der Waals surface area contributed by atoms with E-state index >= 15 is 0 Å². The zero-order chi connectivity index (χ0) is 15.2.